The molecule has 1 N–H and O–H groups in total. The van der Waals surface area contributed by atoms with Crippen LogP contribution in [-0.2, 0) is 17.8 Å². The van der Waals surface area contributed by atoms with Gasteiger partial charge in [0.05, 0.1) is 32.1 Å². The summed E-state index contributed by atoms with van der Waals surface area (Å²) in [7, 11) is 3.13. The summed E-state index contributed by atoms with van der Waals surface area (Å²) >= 11 is 1.53. The van der Waals surface area contributed by atoms with E-state index in [1.54, 1.807) is 26.4 Å². The predicted octanol–water partition coefficient (Wildman–Crippen LogP) is 2.67. The molecule has 0 spiro atoms. The fourth-order valence-electron chi connectivity index (χ4n) is 2.25. The van der Waals surface area contributed by atoms with E-state index in [1.807, 2.05) is 23.6 Å². The molecular weight excluding hydrogens is 342 g/mol. The number of hydrogen-bond donors (Lipinski definition) is 1. The third-order valence-electron chi connectivity index (χ3n) is 3.46. The zero-order valence-corrected chi connectivity index (χ0v) is 14.6. The predicted molar refractivity (Wildman–Crippen MR) is 92.7 cm³/mol. The molecule has 25 heavy (non-hydrogen) atoms. The van der Waals surface area contributed by atoms with Crippen molar-refractivity contribution in [1.82, 2.24) is 15.5 Å². The Balaban J connectivity index is 1.56. The van der Waals surface area contributed by atoms with Crippen LogP contribution in [0, 0.1) is 0 Å². The van der Waals surface area contributed by atoms with Crippen LogP contribution >= 0.6 is 11.3 Å². The molecule has 8 heteroatoms. The van der Waals surface area contributed by atoms with Crippen LogP contribution in [0.1, 0.15) is 11.5 Å². The first-order chi connectivity index (χ1) is 12.2. The largest absolute Gasteiger partial charge is 0.493 e. The van der Waals surface area contributed by atoms with Crippen molar-refractivity contribution in [2.45, 2.75) is 13.0 Å². The number of benzene rings is 1. The van der Waals surface area contributed by atoms with Gasteiger partial charge >= 0.3 is 0 Å². The van der Waals surface area contributed by atoms with Crippen molar-refractivity contribution in [1.29, 1.82) is 0 Å². The Bertz CT molecular complexity index is 845. The first kappa shape index (κ1) is 17.0. The minimum Gasteiger partial charge on any atom is -0.493 e. The molecule has 0 atom stereocenters. The van der Waals surface area contributed by atoms with Gasteiger partial charge in [-0.3, -0.25) is 4.79 Å². The molecule has 7 nitrogen and oxygen atoms in total. The lowest BCUT2D eigenvalue weighted by Gasteiger charge is -2.09. The van der Waals surface area contributed by atoms with Gasteiger partial charge in [-0.25, -0.2) is 0 Å². The highest BCUT2D eigenvalue weighted by atomic mass is 32.1. The van der Waals surface area contributed by atoms with Crippen molar-refractivity contribution >= 4 is 17.2 Å². The first-order valence-electron chi connectivity index (χ1n) is 7.53. The summed E-state index contributed by atoms with van der Waals surface area (Å²) in [6, 6.07) is 9.20. The van der Waals surface area contributed by atoms with Crippen LogP contribution in [0.25, 0.3) is 10.7 Å². The Morgan fingerprint density at radius 2 is 2.08 bits per heavy atom. The van der Waals surface area contributed by atoms with E-state index in [0.29, 0.717) is 23.2 Å². The second-order valence-corrected chi connectivity index (χ2v) is 6.08. The van der Waals surface area contributed by atoms with E-state index in [0.717, 1.165) is 10.4 Å². The third-order valence-corrected chi connectivity index (χ3v) is 4.32. The highest BCUT2D eigenvalue weighted by Crippen LogP contribution is 2.27. The SMILES string of the molecule is COc1ccc(CC(=O)NCc2nc(-c3cccs3)no2)cc1OC. The summed E-state index contributed by atoms with van der Waals surface area (Å²) in [5.74, 6) is 1.95. The first-order valence-corrected chi connectivity index (χ1v) is 8.41. The van der Waals surface area contributed by atoms with E-state index < -0.39 is 0 Å². The lowest BCUT2D eigenvalue weighted by Crippen LogP contribution is -2.24. The summed E-state index contributed by atoms with van der Waals surface area (Å²) in [5.41, 5.74) is 0.819. The number of carbonyl (C=O) groups excluding carboxylic acids is 1. The van der Waals surface area contributed by atoms with Crippen LogP contribution < -0.4 is 14.8 Å². The van der Waals surface area contributed by atoms with Crippen LogP contribution in [0.15, 0.2) is 40.2 Å². The Labute approximate surface area is 148 Å². The van der Waals surface area contributed by atoms with E-state index in [-0.39, 0.29) is 18.9 Å². The highest BCUT2D eigenvalue weighted by Gasteiger charge is 2.12. The van der Waals surface area contributed by atoms with Gasteiger partial charge in [-0.05, 0) is 29.1 Å². The Morgan fingerprint density at radius 3 is 2.80 bits per heavy atom. The Hall–Kier alpha value is -2.87. The lowest BCUT2D eigenvalue weighted by atomic mass is 10.1. The van der Waals surface area contributed by atoms with E-state index in [1.165, 1.54) is 11.3 Å². The number of nitrogens with one attached hydrogen (secondary N) is 1. The fourth-order valence-corrected chi connectivity index (χ4v) is 2.89. The van der Waals surface area contributed by atoms with Crippen molar-refractivity contribution in [2.24, 2.45) is 0 Å². The summed E-state index contributed by atoms with van der Waals surface area (Å²) in [6.45, 7) is 0.185. The molecule has 0 radical (unpaired) electrons. The molecule has 0 aliphatic rings. The van der Waals surface area contributed by atoms with Gasteiger partial charge in [-0.15, -0.1) is 11.3 Å². The van der Waals surface area contributed by atoms with Gasteiger partial charge in [0.15, 0.2) is 11.5 Å². The van der Waals surface area contributed by atoms with Crippen molar-refractivity contribution in [3.63, 3.8) is 0 Å². The summed E-state index contributed by atoms with van der Waals surface area (Å²) in [6.07, 6.45) is 0.215. The van der Waals surface area contributed by atoms with Gasteiger partial charge < -0.3 is 19.3 Å². The van der Waals surface area contributed by atoms with Crippen molar-refractivity contribution in [3.8, 4) is 22.2 Å². The standard InChI is InChI=1S/C17H17N3O4S/c1-22-12-6-5-11(8-13(12)23-2)9-15(21)18-10-16-19-17(20-24-16)14-4-3-7-25-14/h3-8H,9-10H2,1-2H3,(H,18,21). The van der Waals surface area contributed by atoms with Gasteiger partial charge in [0, 0.05) is 0 Å². The molecule has 3 aromatic rings. The number of hydrogen-bond acceptors (Lipinski definition) is 7. The van der Waals surface area contributed by atoms with Gasteiger partial charge in [-0.1, -0.05) is 17.3 Å². The third kappa shape index (κ3) is 4.16. The number of amides is 1. The number of methoxy groups -OCH3 is 2. The number of aromatic nitrogens is 2. The molecule has 0 unspecified atom stereocenters. The smallest absolute Gasteiger partial charge is 0.246 e. The lowest BCUT2D eigenvalue weighted by molar-refractivity contribution is -0.120. The molecule has 0 fully saturated rings. The van der Waals surface area contributed by atoms with Crippen LogP contribution in [0.3, 0.4) is 0 Å². The summed E-state index contributed by atoms with van der Waals surface area (Å²) in [5, 5.41) is 8.61. The van der Waals surface area contributed by atoms with E-state index in [4.69, 9.17) is 14.0 Å². The van der Waals surface area contributed by atoms with Crippen LogP contribution in [0.4, 0.5) is 0 Å². The maximum atomic E-state index is 12.1. The van der Waals surface area contributed by atoms with Gasteiger partial charge in [0.1, 0.15) is 0 Å². The molecule has 1 amide bonds. The number of thiophene rings is 1. The molecule has 2 heterocycles. The molecule has 2 aromatic heterocycles. The fraction of sp³-hybridized carbons (Fsp3) is 0.235. The zero-order valence-electron chi connectivity index (χ0n) is 13.8. The second-order valence-electron chi connectivity index (χ2n) is 5.13. The topological polar surface area (TPSA) is 86.5 Å². The number of nitrogens with zero attached hydrogens (tertiary/aromatic N) is 2. The molecular formula is C17H17N3O4S. The summed E-state index contributed by atoms with van der Waals surface area (Å²) in [4.78, 5) is 17.3. The molecule has 0 saturated carbocycles. The average Bonchev–Trinajstić information content (AvgIpc) is 3.31. The molecule has 0 bridgehead atoms. The number of rotatable bonds is 7. The van der Waals surface area contributed by atoms with Crippen molar-refractivity contribution in [3.05, 3.63) is 47.2 Å². The maximum absolute atomic E-state index is 12.1. The summed E-state index contributed by atoms with van der Waals surface area (Å²) < 4.78 is 15.6. The van der Waals surface area contributed by atoms with E-state index >= 15 is 0 Å². The molecule has 0 aliphatic heterocycles. The van der Waals surface area contributed by atoms with E-state index in [9.17, 15) is 4.79 Å². The molecule has 130 valence electrons. The van der Waals surface area contributed by atoms with Crippen LogP contribution in [0.2, 0.25) is 0 Å². The average molecular weight is 359 g/mol. The zero-order chi connectivity index (χ0) is 17.6. The van der Waals surface area contributed by atoms with Gasteiger partial charge in [0.2, 0.25) is 17.6 Å². The van der Waals surface area contributed by atoms with Crippen molar-refractivity contribution < 1.29 is 18.8 Å². The molecule has 0 aliphatic carbocycles. The molecule has 1 aromatic carbocycles. The van der Waals surface area contributed by atoms with Gasteiger partial charge in [0.25, 0.3) is 0 Å². The Morgan fingerprint density at radius 1 is 1.24 bits per heavy atom. The number of ether oxygens (including phenoxy) is 2. The highest BCUT2D eigenvalue weighted by molar-refractivity contribution is 7.13. The number of carbonyl (C=O) groups is 1. The van der Waals surface area contributed by atoms with Crippen LogP contribution in [0.5, 0.6) is 11.5 Å². The van der Waals surface area contributed by atoms with E-state index in [2.05, 4.69) is 15.5 Å². The monoisotopic (exact) mass is 359 g/mol. The quantitative estimate of drug-likeness (QED) is 0.698. The maximum Gasteiger partial charge on any atom is 0.246 e. The Kier molecular flexibility index (Phi) is 5.30. The van der Waals surface area contributed by atoms with Crippen molar-refractivity contribution in [2.75, 3.05) is 14.2 Å². The minimum atomic E-state index is -0.150. The van der Waals surface area contributed by atoms with Crippen LogP contribution in [-0.4, -0.2) is 30.3 Å². The minimum absolute atomic E-state index is 0.150. The molecule has 3 rings (SSSR count). The molecule has 0 saturated heterocycles. The normalized spacial score (nSPS) is 10.5. The second kappa shape index (κ2) is 7.80. The van der Waals surface area contributed by atoms with Gasteiger partial charge in [-0.2, -0.15) is 4.98 Å².